The molecule has 0 spiro atoms. The maximum atomic E-state index is 11.9. The van der Waals surface area contributed by atoms with Crippen LogP contribution in [0.4, 0.5) is 0 Å². The number of thiophene rings is 1. The van der Waals surface area contributed by atoms with E-state index in [2.05, 4.69) is 21.3 Å². The van der Waals surface area contributed by atoms with Crippen LogP contribution in [0.15, 0.2) is 36.7 Å². The third-order valence-corrected chi connectivity index (χ3v) is 6.40. The monoisotopic (exact) mass is 373 g/mol. The van der Waals surface area contributed by atoms with Gasteiger partial charge in [0.1, 0.15) is 0 Å². The molecule has 3 nitrogen and oxygen atoms in total. The van der Waals surface area contributed by atoms with Gasteiger partial charge in [-0.3, -0.25) is 0 Å². The molecule has 0 aromatic carbocycles. The summed E-state index contributed by atoms with van der Waals surface area (Å²) in [6, 6.07) is 7.91. The standard InChI is InChI=1S/C13H14IN2OS/c1-14-12-5-4-11(18-12)13(17)16-8-6-10-3-2-7-15-9-10/h2-5,7,9H,6,8H2,1H3,(H,16,17)/q-1. The first-order valence-electron chi connectivity index (χ1n) is 5.56. The van der Waals surface area contributed by atoms with Gasteiger partial charge in [-0.2, -0.15) is 0 Å². The molecule has 0 aliphatic carbocycles. The van der Waals surface area contributed by atoms with E-state index in [1.54, 1.807) is 17.5 Å². The van der Waals surface area contributed by atoms with Gasteiger partial charge in [-0.05, 0) is 0 Å². The second-order valence-corrected chi connectivity index (χ2v) is 7.72. The number of amides is 1. The van der Waals surface area contributed by atoms with Crippen LogP contribution in [0.5, 0.6) is 0 Å². The third kappa shape index (κ3) is 3.78. The number of nitrogens with zero attached hydrogens (tertiary/aromatic N) is 1. The molecule has 5 heteroatoms. The molecule has 1 N–H and O–H groups in total. The molecular formula is C13H14IN2OS-. The van der Waals surface area contributed by atoms with Crippen LogP contribution in [0.3, 0.4) is 0 Å². The van der Waals surface area contributed by atoms with Crippen molar-refractivity contribution in [1.29, 1.82) is 0 Å². The number of hydrogen-bond donors (Lipinski definition) is 1. The quantitative estimate of drug-likeness (QED) is 0.540. The molecule has 96 valence electrons. The predicted molar refractivity (Wildman–Crippen MR) is 69.2 cm³/mol. The van der Waals surface area contributed by atoms with Crippen LogP contribution in [0.2, 0.25) is 0 Å². The summed E-state index contributed by atoms with van der Waals surface area (Å²) in [6.07, 6.45) is 4.40. The molecule has 2 rings (SSSR count). The Morgan fingerprint density at radius 1 is 1.44 bits per heavy atom. The van der Waals surface area contributed by atoms with Gasteiger partial charge in [0.15, 0.2) is 0 Å². The van der Waals surface area contributed by atoms with Gasteiger partial charge in [0.25, 0.3) is 0 Å². The zero-order valence-corrected chi connectivity index (χ0v) is 13.0. The molecule has 0 atom stereocenters. The van der Waals surface area contributed by atoms with Gasteiger partial charge >= 0.3 is 121 Å². The van der Waals surface area contributed by atoms with Crippen molar-refractivity contribution < 1.29 is 26.0 Å². The summed E-state index contributed by atoms with van der Waals surface area (Å²) in [5, 5.41) is 2.94. The normalized spacial score (nSPS) is 10.5. The fraction of sp³-hybridized carbons (Fsp3) is 0.231. The van der Waals surface area contributed by atoms with Gasteiger partial charge in [0.05, 0.1) is 0 Å². The van der Waals surface area contributed by atoms with Crippen molar-refractivity contribution in [1.82, 2.24) is 10.3 Å². The average molecular weight is 373 g/mol. The van der Waals surface area contributed by atoms with Crippen LogP contribution in [-0.2, 0) is 6.42 Å². The van der Waals surface area contributed by atoms with Crippen LogP contribution in [-0.4, -0.2) is 22.4 Å². The number of nitrogens with one attached hydrogen (secondary N) is 1. The SMILES string of the molecule is C[I-]c1ccc(C(=O)NCCc2cccnc2)s1. The molecule has 2 aromatic heterocycles. The van der Waals surface area contributed by atoms with E-state index < -0.39 is 0 Å². The summed E-state index contributed by atoms with van der Waals surface area (Å²) in [5.74, 6) is 0.0348. The Kier molecular flexibility index (Phi) is 5.12. The second-order valence-electron chi connectivity index (χ2n) is 3.66. The van der Waals surface area contributed by atoms with Crippen LogP contribution in [0, 0.1) is 2.88 Å². The van der Waals surface area contributed by atoms with Gasteiger partial charge in [-0.15, -0.1) is 0 Å². The van der Waals surface area contributed by atoms with Crippen LogP contribution >= 0.6 is 11.3 Å². The van der Waals surface area contributed by atoms with E-state index in [0.29, 0.717) is 6.54 Å². The van der Waals surface area contributed by atoms with E-state index in [1.807, 2.05) is 24.4 Å². The van der Waals surface area contributed by atoms with Gasteiger partial charge in [-0.25, -0.2) is 0 Å². The summed E-state index contributed by atoms with van der Waals surface area (Å²) in [6.45, 7) is 0.652. The number of pyridine rings is 1. The van der Waals surface area contributed by atoms with Gasteiger partial charge in [0.2, 0.25) is 0 Å². The minimum absolute atomic E-state index is 0.0348. The van der Waals surface area contributed by atoms with Crippen molar-refractivity contribution >= 4 is 17.2 Å². The van der Waals surface area contributed by atoms with E-state index in [-0.39, 0.29) is 27.1 Å². The number of hydrogen-bond acceptors (Lipinski definition) is 3. The molecule has 0 saturated carbocycles. The van der Waals surface area contributed by atoms with Crippen molar-refractivity contribution in [3.63, 3.8) is 0 Å². The summed E-state index contributed by atoms with van der Waals surface area (Å²) < 4.78 is 1.35. The van der Waals surface area contributed by atoms with Gasteiger partial charge in [-0.1, -0.05) is 0 Å². The molecule has 2 heterocycles. The molecule has 0 saturated heterocycles. The van der Waals surface area contributed by atoms with Crippen molar-refractivity contribution in [2.24, 2.45) is 0 Å². The molecule has 0 unspecified atom stereocenters. The second kappa shape index (κ2) is 6.84. The number of halogens is 1. The number of aromatic nitrogens is 1. The van der Waals surface area contributed by atoms with Crippen molar-refractivity contribution in [2.75, 3.05) is 11.5 Å². The Morgan fingerprint density at radius 2 is 2.33 bits per heavy atom. The van der Waals surface area contributed by atoms with Crippen molar-refractivity contribution in [3.8, 4) is 0 Å². The molecule has 0 aliphatic heterocycles. The Bertz CT molecular complexity index is 513. The zero-order valence-electron chi connectivity index (χ0n) is 10.0. The Hall–Kier alpha value is -0.950. The molecule has 0 aliphatic rings. The summed E-state index contributed by atoms with van der Waals surface area (Å²) in [7, 11) is 0. The van der Waals surface area contributed by atoms with Crippen molar-refractivity contribution in [3.05, 3.63) is 50.0 Å². The molecule has 0 bridgehead atoms. The summed E-state index contributed by atoms with van der Waals surface area (Å²) >= 11 is 1.70. The van der Waals surface area contributed by atoms with E-state index in [0.717, 1.165) is 16.9 Å². The maximum absolute atomic E-state index is 11.9. The van der Waals surface area contributed by atoms with E-state index >= 15 is 0 Å². The van der Waals surface area contributed by atoms with Crippen LogP contribution < -0.4 is 26.5 Å². The van der Waals surface area contributed by atoms with Crippen molar-refractivity contribution in [2.45, 2.75) is 6.42 Å². The average Bonchev–Trinajstić information content (AvgIpc) is 2.89. The van der Waals surface area contributed by atoms with Gasteiger partial charge < -0.3 is 0 Å². The fourth-order valence-electron chi connectivity index (χ4n) is 1.49. The zero-order chi connectivity index (χ0) is 12.8. The van der Waals surface area contributed by atoms with E-state index in [9.17, 15) is 4.79 Å². The molecule has 2 aromatic rings. The molecule has 1 amide bonds. The van der Waals surface area contributed by atoms with Crippen LogP contribution in [0.25, 0.3) is 0 Å². The fourth-order valence-corrected chi connectivity index (χ4v) is 4.13. The van der Waals surface area contributed by atoms with E-state index in [4.69, 9.17) is 0 Å². The first-order valence-corrected chi connectivity index (χ1v) is 9.61. The number of carbonyl (C=O) groups excluding carboxylic acids is 1. The third-order valence-electron chi connectivity index (χ3n) is 2.41. The first-order chi connectivity index (χ1) is 8.79. The number of carbonyl (C=O) groups is 1. The Balaban J connectivity index is 1.81. The molecule has 18 heavy (non-hydrogen) atoms. The van der Waals surface area contributed by atoms with Crippen LogP contribution in [0.1, 0.15) is 15.2 Å². The molecular weight excluding hydrogens is 359 g/mol. The minimum atomic E-state index is 0.0348. The van der Waals surface area contributed by atoms with E-state index in [1.165, 1.54) is 2.88 Å². The summed E-state index contributed by atoms with van der Waals surface area (Å²) in [5.41, 5.74) is 1.14. The predicted octanol–water partition coefficient (Wildman–Crippen LogP) is -0.996. The molecule has 0 radical (unpaired) electrons. The van der Waals surface area contributed by atoms with Gasteiger partial charge in [0, 0.05) is 0 Å². The topological polar surface area (TPSA) is 42.0 Å². The molecule has 0 fully saturated rings. The first kappa shape index (κ1) is 13.5. The Labute approximate surface area is 121 Å². The number of alkyl halides is 1. The Morgan fingerprint density at radius 3 is 3.00 bits per heavy atom. The summed E-state index contributed by atoms with van der Waals surface area (Å²) in [4.78, 5) is 18.9. The number of rotatable bonds is 5.